The highest BCUT2D eigenvalue weighted by molar-refractivity contribution is 7.99. The lowest BCUT2D eigenvalue weighted by atomic mass is 10.3. The van der Waals surface area contributed by atoms with Crippen LogP contribution in [-0.2, 0) is 28.4 Å². The molecule has 2 aromatic heterocycles. The molecule has 0 atom stereocenters. The van der Waals surface area contributed by atoms with Crippen LogP contribution >= 0.6 is 23.1 Å². The molecule has 3 aromatic rings. The highest BCUT2D eigenvalue weighted by Gasteiger charge is 2.21. The van der Waals surface area contributed by atoms with Crippen LogP contribution in [0.5, 0.6) is 0 Å². The van der Waals surface area contributed by atoms with Crippen molar-refractivity contribution >= 4 is 49.8 Å². The summed E-state index contributed by atoms with van der Waals surface area (Å²) in [6.45, 7) is 1.83. The zero-order valence-electron chi connectivity index (χ0n) is 15.9. The van der Waals surface area contributed by atoms with Crippen LogP contribution in [0.25, 0.3) is 0 Å². The van der Waals surface area contributed by atoms with Gasteiger partial charge in [-0.1, -0.05) is 41.3 Å². The number of nitrogens with zero attached hydrogens (tertiary/aromatic N) is 6. The molecule has 0 saturated carbocycles. The number of para-hydroxylation sites is 1. The minimum Gasteiger partial charge on any atom is -0.308 e. The summed E-state index contributed by atoms with van der Waals surface area (Å²) in [6, 6.07) is 8.78. The second-order valence-electron chi connectivity index (χ2n) is 6.03. The van der Waals surface area contributed by atoms with Gasteiger partial charge in [-0.05, 0) is 19.1 Å². The van der Waals surface area contributed by atoms with Crippen molar-refractivity contribution in [3.63, 3.8) is 0 Å². The van der Waals surface area contributed by atoms with Crippen molar-refractivity contribution in [1.82, 2.24) is 25.0 Å². The van der Waals surface area contributed by atoms with Crippen molar-refractivity contribution in [2.75, 3.05) is 21.6 Å². The molecule has 1 amide bonds. The van der Waals surface area contributed by atoms with Crippen LogP contribution in [0.4, 0.5) is 10.8 Å². The Hall–Kier alpha value is -2.51. The normalized spacial score (nSPS) is 11.4. The van der Waals surface area contributed by atoms with E-state index in [1.807, 2.05) is 6.07 Å². The molecule has 29 heavy (non-hydrogen) atoms. The zero-order valence-corrected chi connectivity index (χ0v) is 18.4. The van der Waals surface area contributed by atoms with E-state index in [4.69, 9.17) is 0 Å². The van der Waals surface area contributed by atoms with Gasteiger partial charge in [0.25, 0.3) is 0 Å². The first-order valence-electron chi connectivity index (χ1n) is 8.38. The maximum absolute atomic E-state index is 12.2. The van der Waals surface area contributed by atoms with E-state index in [0.29, 0.717) is 21.8 Å². The molecule has 1 aromatic carbocycles. The van der Waals surface area contributed by atoms with Gasteiger partial charge in [0.2, 0.25) is 21.1 Å². The quantitative estimate of drug-likeness (QED) is 0.511. The molecular weight excluding hydrogens is 434 g/mol. The Balaban J connectivity index is 1.67. The molecule has 0 radical (unpaired) electrons. The van der Waals surface area contributed by atoms with Crippen molar-refractivity contribution in [3.05, 3.63) is 41.2 Å². The molecule has 154 valence electrons. The standard InChI is InChI=1S/C16H19N7O3S3/c1-11-18-20-15(28-11)17-14(24)10-27-16-21-19-13(22(16)2)9-23(29(3,25)26)12-7-5-4-6-8-12/h4-8H,9-10H2,1-3H3,(H,17,20,24). The SMILES string of the molecule is Cc1nnc(NC(=O)CSc2nnc(CN(c3ccccc3)S(C)(=O)=O)n2C)s1. The van der Waals surface area contributed by atoms with Crippen LogP contribution in [0.2, 0.25) is 0 Å². The molecule has 3 rings (SSSR count). The zero-order chi connectivity index (χ0) is 21.0. The summed E-state index contributed by atoms with van der Waals surface area (Å²) in [4.78, 5) is 12.1. The summed E-state index contributed by atoms with van der Waals surface area (Å²) in [5.74, 6) is 0.332. The number of hydrogen-bond donors (Lipinski definition) is 1. The molecule has 0 spiro atoms. The van der Waals surface area contributed by atoms with Crippen LogP contribution in [0.15, 0.2) is 35.5 Å². The molecule has 0 bridgehead atoms. The van der Waals surface area contributed by atoms with E-state index in [1.54, 1.807) is 42.8 Å². The molecule has 13 heteroatoms. The van der Waals surface area contributed by atoms with Gasteiger partial charge in [-0.15, -0.1) is 20.4 Å². The van der Waals surface area contributed by atoms with E-state index < -0.39 is 10.0 Å². The molecule has 10 nitrogen and oxygen atoms in total. The maximum atomic E-state index is 12.2. The van der Waals surface area contributed by atoms with E-state index in [9.17, 15) is 13.2 Å². The lowest BCUT2D eigenvalue weighted by Crippen LogP contribution is -2.30. The summed E-state index contributed by atoms with van der Waals surface area (Å²) < 4.78 is 27.4. The minimum atomic E-state index is -3.51. The third-order valence-corrected chi connectivity index (χ3v) is 6.67. The van der Waals surface area contributed by atoms with Gasteiger partial charge in [-0.2, -0.15) is 0 Å². The van der Waals surface area contributed by atoms with Crippen molar-refractivity contribution < 1.29 is 13.2 Å². The molecule has 2 heterocycles. The number of sulfonamides is 1. The number of hydrogen-bond acceptors (Lipinski definition) is 9. The van der Waals surface area contributed by atoms with Crippen molar-refractivity contribution in [3.8, 4) is 0 Å². The number of carbonyl (C=O) groups is 1. The van der Waals surface area contributed by atoms with Crippen LogP contribution in [0.1, 0.15) is 10.8 Å². The fraction of sp³-hybridized carbons (Fsp3) is 0.312. The van der Waals surface area contributed by atoms with Crippen molar-refractivity contribution in [2.45, 2.75) is 18.6 Å². The molecule has 0 aliphatic carbocycles. The van der Waals surface area contributed by atoms with Gasteiger partial charge in [0, 0.05) is 7.05 Å². The number of aryl methyl sites for hydroxylation is 1. The first-order valence-corrected chi connectivity index (χ1v) is 12.0. The third-order valence-electron chi connectivity index (χ3n) is 3.76. The van der Waals surface area contributed by atoms with Crippen LogP contribution in [0, 0.1) is 6.92 Å². The lowest BCUT2D eigenvalue weighted by molar-refractivity contribution is -0.113. The number of anilines is 2. The summed E-state index contributed by atoms with van der Waals surface area (Å²) in [5, 5.41) is 20.2. The second kappa shape index (κ2) is 8.88. The molecule has 1 N–H and O–H groups in total. The predicted molar refractivity (Wildman–Crippen MR) is 112 cm³/mol. The van der Waals surface area contributed by atoms with Crippen LogP contribution in [0.3, 0.4) is 0 Å². The summed E-state index contributed by atoms with van der Waals surface area (Å²) in [7, 11) is -1.78. The molecule has 0 aliphatic rings. The summed E-state index contributed by atoms with van der Waals surface area (Å²) in [6.07, 6.45) is 1.14. The van der Waals surface area contributed by atoms with Gasteiger partial charge < -0.3 is 4.57 Å². The lowest BCUT2D eigenvalue weighted by Gasteiger charge is -2.21. The number of nitrogens with one attached hydrogen (secondary N) is 1. The van der Waals surface area contributed by atoms with Gasteiger partial charge >= 0.3 is 0 Å². The molecular formula is C16H19N7O3S3. The Morgan fingerprint density at radius 1 is 1.21 bits per heavy atom. The van der Waals surface area contributed by atoms with Gasteiger partial charge in [0.05, 0.1) is 24.2 Å². The number of amides is 1. The van der Waals surface area contributed by atoms with Gasteiger partial charge in [-0.25, -0.2) is 8.42 Å². The van der Waals surface area contributed by atoms with Crippen LogP contribution in [-0.4, -0.2) is 51.3 Å². The number of thioether (sulfide) groups is 1. The van der Waals surface area contributed by atoms with E-state index in [-0.39, 0.29) is 18.2 Å². The second-order valence-corrected chi connectivity index (χ2v) is 10.1. The predicted octanol–water partition coefficient (Wildman–Crippen LogP) is 1.67. The highest BCUT2D eigenvalue weighted by atomic mass is 32.2. The third kappa shape index (κ3) is 5.52. The van der Waals surface area contributed by atoms with Crippen LogP contribution < -0.4 is 9.62 Å². The Labute approximate surface area is 176 Å². The number of carbonyl (C=O) groups excluding carboxylic acids is 1. The van der Waals surface area contributed by atoms with Gasteiger partial charge in [0.1, 0.15) is 5.01 Å². The largest absolute Gasteiger partial charge is 0.308 e. The topological polar surface area (TPSA) is 123 Å². The maximum Gasteiger partial charge on any atom is 0.236 e. The van der Waals surface area contributed by atoms with Crippen molar-refractivity contribution in [2.24, 2.45) is 7.05 Å². The number of aromatic nitrogens is 5. The first-order chi connectivity index (χ1) is 13.7. The minimum absolute atomic E-state index is 0.0309. The average molecular weight is 454 g/mol. The van der Waals surface area contributed by atoms with Gasteiger partial charge in [0.15, 0.2) is 11.0 Å². The van der Waals surface area contributed by atoms with Crippen molar-refractivity contribution in [1.29, 1.82) is 0 Å². The summed E-state index contributed by atoms with van der Waals surface area (Å²) >= 11 is 2.49. The van der Waals surface area contributed by atoms with E-state index in [0.717, 1.165) is 11.3 Å². The molecule has 0 unspecified atom stereocenters. The first kappa shape index (κ1) is 21.2. The summed E-state index contributed by atoms with van der Waals surface area (Å²) in [5.41, 5.74) is 0.541. The Morgan fingerprint density at radius 3 is 2.55 bits per heavy atom. The van der Waals surface area contributed by atoms with E-state index >= 15 is 0 Å². The fourth-order valence-corrected chi connectivity index (χ4v) is 4.56. The van der Waals surface area contributed by atoms with E-state index in [1.165, 1.54) is 27.4 Å². The Kier molecular flexibility index (Phi) is 6.49. The fourth-order valence-electron chi connectivity index (χ4n) is 2.36. The highest BCUT2D eigenvalue weighted by Crippen LogP contribution is 2.22. The molecule has 0 saturated heterocycles. The van der Waals surface area contributed by atoms with E-state index in [2.05, 4.69) is 25.7 Å². The molecule has 0 fully saturated rings. The average Bonchev–Trinajstić information content (AvgIpc) is 3.23. The smallest absolute Gasteiger partial charge is 0.236 e. The molecule has 0 aliphatic heterocycles. The van der Waals surface area contributed by atoms with Gasteiger partial charge in [-0.3, -0.25) is 14.4 Å². The number of benzene rings is 1. The Bertz CT molecular complexity index is 1100. The monoisotopic (exact) mass is 453 g/mol. The number of rotatable bonds is 8. The Morgan fingerprint density at radius 2 is 1.93 bits per heavy atom.